The normalized spacial score (nSPS) is 15.0. The van der Waals surface area contributed by atoms with Crippen molar-refractivity contribution < 1.29 is 0 Å². The van der Waals surface area contributed by atoms with Crippen LogP contribution in [0.1, 0.15) is 23.1 Å². The number of aryl methyl sites for hydroxylation is 1. The van der Waals surface area contributed by atoms with E-state index in [1.54, 1.807) is 0 Å². The fourth-order valence-electron chi connectivity index (χ4n) is 5.41. The molecule has 194 valence electrons. The number of piperazine rings is 1. The molecule has 37 heavy (non-hydrogen) atoms. The van der Waals surface area contributed by atoms with Crippen molar-refractivity contribution in [2.45, 2.75) is 32.5 Å². The van der Waals surface area contributed by atoms with Gasteiger partial charge in [-0.1, -0.05) is 60.1 Å². The van der Waals surface area contributed by atoms with Gasteiger partial charge in [0.25, 0.3) is 0 Å². The van der Waals surface area contributed by atoms with Crippen molar-refractivity contribution in [2.24, 2.45) is 11.5 Å². The van der Waals surface area contributed by atoms with Crippen LogP contribution >= 0.6 is 11.6 Å². The molecule has 0 atom stereocenters. The first-order valence-electron chi connectivity index (χ1n) is 13.4. The smallest absolute Gasteiger partial charge is 0.0486 e. The summed E-state index contributed by atoms with van der Waals surface area (Å²) < 4.78 is 2.37. The van der Waals surface area contributed by atoms with E-state index < -0.39 is 0 Å². The second-order valence-electron chi connectivity index (χ2n) is 10.1. The van der Waals surface area contributed by atoms with Gasteiger partial charge in [0.1, 0.15) is 0 Å². The maximum absolute atomic E-state index is 6.39. The highest BCUT2D eigenvalue weighted by atomic mass is 35.5. The molecule has 1 aromatic heterocycles. The van der Waals surface area contributed by atoms with Gasteiger partial charge in [-0.15, -0.1) is 0 Å². The number of halogens is 1. The number of aromatic nitrogens is 1. The molecule has 4 aromatic rings. The van der Waals surface area contributed by atoms with Gasteiger partial charge < -0.3 is 16.0 Å². The third-order valence-corrected chi connectivity index (χ3v) is 7.81. The Morgan fingerprint density at radius 2 is 1.54 bits per heavy atom. The number of fused-ring (bicyclic) bond motifs is 1. The molecule has 0 amide bonds. The van der Waals surface area contributed by atoms with E-state index in [1.807, 2.05) is 12.1 Å². The predicted octanol–water partition coefficient (Wildman–Crippen LogP) is 5.13. The molecule has 0 bridgehead atoms. The van der Waals surface area contributed by atoms with Crippen LogP contribution in [0, 0.1) is 0 Å². The zero-order chi connectivity index (χ0) is 25.6. The Balaban J connectivity index is 1.33. The van der Waals surface area contributed by atoms with Crippen LogP contribution in [-0.2, 0) is 26.1 Å². The standard InChI is InChI=1S/C31H38ClN5/c32-30-8-2-1-6-27(30)22-36-17-15-35(16-18-36)21-25-9-10-31-28(20-25)29(23-37(31)14-4-12-33)26-7-3-5-24(19-26)11-13-34/h1-3,5-10,19-20,23H,4,11-18,21-22,33-34H2. The molecule has 0 unspecified atom stereocenters. The molecular formula is C31H38ClN5. The van der Waals surface area contributed by atoms with Gasteiger partial charge in [-0.25, -0.2) is 0 Å². The Morgan fingerprint density at radius 1 is 0.757 bits per heavy atom. The molecular weight excluding hydrogens is 478 g/mol. The molecule has 3 aromatic carbocycles. The molecule has 0 radical (unpaired) electrons. The van der Waals surface area contributed by atoms with E-state index in [4.69, 9.17) is 23.1 Å². The number of nitrogens with two attached hydrogens (primary N) is 2. The second kappa shape index (κ2) is 12.2. The van der Waals surface area contributed by atoms with Crippen molar-refractivity contribution in [1.29, 1.82) is 0 Å². The molecule has 2 heterocycles. The van der Waals surface area contributed by atoms with Crippen LogP contribution in [0.25, 0.3) is 22.0 Å². The zero-order valence-electron chi connectivity index (χ0n) is 21.6. The van der Waals surface area contributed by atoms with E-state index in [-0.39, 0.29) is 0 Å². The average Bonchev–Trinajstić information content (AvgIpc) is 3.28. The molecule has 5 rings (SSSR count). The van der Waals surface area contributed by atoms with Crippen LogP contribution in [0.2, 0.25) is 5.02 Å². The second-order valence-corrected chi connectivity index (χ2v) is 10.5. The van der Waals surface area contributed by atoms with Gasteiger partial charge in [-0.2, -0.15) is 0 Å². The molecule has 1 aliphatic rings. The molecule has 0 saturated carbocycles. The minimum absolute atomic E-state index is 0.664. The minimum atomic E-state index is 0.664. The van der Waals surface area contributed by atoms with Crippen LogP contribution in [-0.4, -0.2) is 53.6 Å². The summed E-state index contributed by atoms with van der Waals surface area (Å²) in [5.74, 6) is 0. The van der Waals surface area contributed by atoms with Crippen molar-refractivity contribution >= 4 is 22.5 Å². The molecule has 0 aliphatic carbocycles. The molecule has 1 saturated heterocycles. The van der Waals surface area contributed by atoms with E-state index in [9.17, 15) is 0 Å². The maximum Gasteiger partial charge on any atom is 0.0486 e. The Morgan fingerprint density at radius 3 is 2.30 bits per heavy atom. The SMILES string of the molecule is NCCCn1cc(-c2cccc(CCN)c2)c2cc(CN3CCN(Cc4ccccc4Cl)CC3)ccc21. The number of rotatable bonds is 10. The zero-order valence-corrected chi connectivity index (χ0v) is 22.3. The van der Waals surface area contributed by atoms with Gasteiger partial charge in [0.05, 0.1) is 0 Å². The lowest BCUT2D eigenvalue weighted by atomic mass is 10.00. The lowest BCUT2D eigenvalue weighted by Gasteiger charge is -2.35. The van der Waals surface area contributed by atoms with Crippen molar-refractivity contribution in [3.63, 3.8) is 0 Å². The molecule has 0 spiro atoms. The fourth-order valence-corrected chi connectivity index (χ4v) is 5.61. The number of benzene rings is 3. The lowest BCUT2D eigenvalue weighted by Crippen LogP contribution is -2.45. The lowest BCUT2D eigenvalue weighted by molar-refractivity contribution is 0.122. The van der Waals surface area contributed by atoms with E-state index in [1.165, 1.54) is 38.7 Å². The summed E-state index contributed by atoms with van der Waals surface area (Å²) in [7, 11) is 0. The van der Waals surface area contributed by atoms with Crippen LogP contribution in [0.4, 0.5) is 0 Å². The van der Waals surface area contributed by atoms with E-state index >= 15 is 0 Å². The van der Waals surface area contributed by atoms with Gasteiger partial charge in [-0.05, 0) is 66.4 Å². The van der Waals surface area contributed by atoms with Crippen LogP contribution < -0.4 is 11.5 Å². The molecule has 4 N–H and O–H groups in total. The largest absolute Gasteiger partial charge is 0.347 e. The van der Waals surface area contributed by atoms with Crippen LogP contribution in [0.5, 0.6) is 0 Å². The van der Waals surface area contributed by atoms with Crippen molar-refractivity contribution in [1.82, 2.24) is 14.4 Å². The molecule has 5 nitrogen and oxygen atoms in total. The Bertz CT molecular complexity index is 1320. The van der Waals surface area contributed by atoms with E-state index in [0.717, 1.165) is 63.7 Å². The Kier molecular flexibility index (Phi) is 8.59. The quantitative estimate of drug-likeness (QED) is 0.307. The first-order valence-corrected chi connectivity index (χ1v) is 13.8. The maximum atomic E-state index is 6.39. The summed E-state index contributed by atoms with van der Waals surface area (Å²) in [6, 6.07) is 24.0. The van der Waals surface area contributed by atoms with Gasteiger partial charge in [0.2, 0.25) is 0 Å². The summed E-state index contributed by atoms with van der Waals surface area (Å²) in [5, 5.41) is 2.18. The number of nitrogens with zero attached hydrogens (tertiary/aromatic N) is 3. The van der Waals surface area contributed by atoms with Crippen LogP contribution in [0.3, 0.4) is 0 Å². The number of hydrogen-bond acceptors (Lipinski definition) is 4. The topological polar surface area (TPSA) is 63.5 Å². The van der Waals surface area contributed by atoms with Crippen molar-refractivity contribution in [2.75, 3.05) is 39.3 Å². The first-order chi connectivity index (χ1) is 18.1. The Labute approximate surface area is 225 Å². The summed E-state index contributed by atoms with van der Waals surface area (Å²) in [6.45, 7) is 8.42. The molecule has 1 fully saturated rings. The van der Waals surface area contributed by atoms with Gasteiger partial charge >= 0.3 is 0 Å². The fraction of sp³-hybridized carbons (Fsp3) is 0.355. The first kappa shape index (κ1) is 26.0. The highest BCUT2D eigenvalue weighted by molar-refractivity contribution is 6.31. The third-order valence-electron chi connectivity index (χ3n) is 7.44. The summed E-state index contributed by atoms with van der Waals surface area (Å²) in [6.07, 6.45) is 4.17. The Hall–Kier alpha value is -2.67. The van der Waals surface area contributed by atoms with Gasteiger partial charge in [0.15, 0.2) is 0 Å². The molecule has 1 aliphatic heterocycles. The van der Waals surface area contributed by atoms with Crippen molar-refractivity contribution in [3.8, 4) is 11.1 Å². The van der Waals surface area contributed by atoms with E-state index in [0.29, 0.717) is 13.1 Å². The van der Waals surface area contributed by atoms with Gasteiger partial charge in [0, 0.05) is 73.5 Å². The molecule has 6 heteroatoms. The monoisotopic (exact) mass is 515 g/mol. The number of hydrogen-bond donors (Lipinski definition) is 2. The summed E-state index contributed by atoms with van der Waals surface area (Å²) >= 11 is 6.39. The summed E-state index contributed by atoms with van der Waals surface area (Å²) in [5.41, 5.74) is 19.4. The van der Waals surface area contributed by atoms with Crippen molar-refractivity contribution in [3.05, 3.63) is 94.6 Å². The predicted molar refractivity (Wildman–Crippen MR) is 156 cm³/mol. The van der Waals surface area contributed by atoms with Crippen LogP contribution in [0.15, 0.2) is 72.9 Å². The highest BCUT2D eigenvalue weighted by Crippen LogP contribution is 2.33. The van der Waals surface area contributed by atoms with E-state index in [2.05, 4.69) is 75.2 Å². The minimum Gasteiger partial charge on any atom is -0.347 e. The average molecular weight is 516 g/mol. The third kappa shape index (κ3) is 6.25. The summed E-state index contributed by atoms with van der Waals surface area (Å²) in [4.78, 5) is 5.07. The van der Waals surface area contributed by atoms with Gasteiger partial charge in [-0.3, -0.25) is 9.80 Å². The highest BCUT2D eigenvalue weighted by Gasteiger charge is 2.19.